The number of halogens is 4. The quantitative estimate of drug-likeness (QED) is 0.405. The van der Waals surface area contributed by atoms with Crippen LogP contribution in [-0.2, 0) is 21.0 Å². The number of hydrogen-bond acceptors (Lipinski definition) is 5. The van der Waals surface area contributed by atoms with Crippen molar-refractivity contribution in [2.75, 3.05) is 30.4 Å². The number of carbonyl (C=O) groups is 1. The lowest BCUT2D eigenvalue weighted by Crippen LogP contribution is -2.38. The zero-order chi connectivity index (χ0) is 26.7. The van der Waals surface area contributed by atoms with Crippen molar-refractivity contribution in [2.24, 2.45) is 0 Å². The number of hydrogen-bond donors (Lipinski definition) is 1. The van der Waals surface area contributed by atoms with E-state index in [0.717, 1.165) is 15.9 Å². The van der Waals surface area contributed by atoms with Gasteiger partial charge in [0.25, 0.3) is 10.0 Å². The number of nitrogens with one attached hydrogen (secondary N) is 1. The lowest BCUT2D eigenvalue weighted by atomic mass is 10.2. The molecule has 12 heteroatoms. The van der Waals surface area contributed by atoms with Gasteiger partial charge in [0.2, 0.25) is 5.91 Å². The van der Waals surface area contributed by atoms with Crippen molar-refractivity contribution in [1.29, 1.82) is 0 Å². The number of rotatable bonds is 8. The molecular formula is C24H22ClF3N2O5S. The highest BCUT2D eigenvalue weighted by Gasteiger charge is 2.34. The summed E-state index contributed by atoms with van der Waals surface area (Å²) in [6, 6.07) is 13.2. The summed E-state index contributed by atoms with van der Waals surface area (Å²) < 4.78 is 77.9. The maximum absolute atomic E-state index is 13.6. The highest BCUT2D eigenvalue weighted by atomic mass is 35.5. The van der Waals surface area contributed by atoms with Crippen LogP contribution in [0.5, 0.6) is 11.5 Å². The summed E-state index contributed by atoms with van der Waals surface area (Å²) in [5.74, 6) is -0.401. The fourth-order valence-corrected chi connectivity index (χ4v) is 4.94. The monoisotopic (exact) mass is 542 g/mol. The zero-order valence-corrected chi connectivity index (χ0v) is 21.0. The Kier molecular flexibility index (Phi) is 8.05. The van der Waals surface area contributed by atoms with E-state index in [1.807, 2.05) is 6.92 Å². The van der Waals surface area contributed by atoms with Crippen molar-refractivity contribution < 1.29 is 35.9 Å². The zero-order valence-electron chi connectivity index (χ0n) is 19.4. The smallest absolute Gasteiger partial charge is 0.417 e. The van der Waals surface area contributed by atoms with Crippen LogP contribution in [0.15, 0.2) is 65.6 Å². The lowest BCUT2D eigenvalue weighted by molar-refractivity contribution is -0.137. The van der Waals surface area contributed by atoms with Gasteiger partial charge in [0.05, 0.1) is 35.4 Å². The molecular weight excluding hydrogens is 521 g/mol. The first-order valence-corrected chi connectivity index (χ1v) is 12.2. The largest absolute Gasteiger partial charge is 0.493 e. The third kappa shape index (κ3) is 6.03. The number of nitrogens with zero attached hydrogens (tertiary/aromatic N) is 1. The van der Waals surface area contributed by atoms with Crippen molar-refractivity contribution in [3.63, 3.8) is 0 Å². The minimum Gasteiger partial charge on any atom is -0.493 e. The Morgan fingerprint density at radius 2 is 1.61 bits per heavy atom. The lowest BCUT2D eigenvalue weighted by Gasteiger charge is -2.25. The molecule has 0 aromatic heterocycles. The molecule has 1 amide bonds. The molecule has 7 nitrogen and oxygen atoms in total. The van der Waals surface area contributed by atoms with E-state index < -0.39 is 39.2 Å². The van der Waals surface area contributed by atoms with Gasteiger partial charge in [-0.3, -0.25) is 9.10 Å². The first kappa shape index (κ1) is 27.2. The molecule has 3 aromatic carbocycles. The maximum Gasteiger partial charge on any atom is 0.417 e. The summed E-state index contributed by atoms with van der Waals surface area (Å²) in [6.07, 6.45) is -4.73. The summed E-state index contributed by atoms with van der Waals surface area (Å²) >= 11 is 5.63. The number of ether oxygens (including phenoxy) is 2. The van der Waals surface area contributed by atoms with Crippen LogP contribution in [0.4, 0.5) is 24.5 Å². The molecule has 1 N–H and O–H groups in total. The Morgan fingerprint density at radius 3 is 2.19 bits per heavy atom. The number of alkyl halides is 3. The Labute approximate surface area is 211 Å². The molecule has 0 unspecified atom stereocenters. The first-order chi connectivity index (χ1) is 16.9. The summed E-state index contributed by atoms with van der Waals surface area (Å²) in [4.78, 5) is 12.7. The Morgan fingerprint density at radius 1 is 0.972 bits per heavy atom. The fourth-order valence-electron chi connectivity index (χ4n) is 3.28. The van der Waals surface area contributed by atoms with Crippen molar-refractivity contribution in [1.82, 2.24) is 0 Å². The average Bonchev–Trinajstić information content (AvgIpc) is 2.83. The van der Waals surface area contributed by atoms with Crippen molar-refractivity contribution in [2.45, 2.75) is 18.0 Å². The van der Waals surface area contributed by atoms with Gasteiger partial charge >= 0.3 is 6.18 Å². The molecule has 0 atom stereocenters. The van der Waals surface area contributed by atoms with Crippen LogP contribution in [0.3, 0.4) is 0 Å². The van der Waals surface area contributed by atoms with E-state index in [1.54, 1.807) is 12.1 Å². The number of carbonyl (C=O) groups excluding carboxylic acids is 1. The van der Waals surface area contributed by atoms with E-state index in [9.17, 15) is 26.4 Å². The number of sulfonamides is 1. The molecule has 0 aliphatic rings. The van der Waals surface area contributed by atoms with Gasteiger partial charge in [-0.2, -0.15) is 13.2 Å². The fraction of sp³-hybridized carbons (Fsp3) is 0.208. The molecule has 0 saturated heterocycles. The molecule has 0 fully saturated rings. The molecule has 0 aliphatic heterocycles. The molecule has 0 spiro atoms. The van der Waals surface area contributed by atoms with Crippen LogP contribution in [0.2, 0.25) is 5.02 Å². The standard InChI is InChI=1S/C24H22ClF3N2O5S/c1-15-4-7-17(8-5-15)30(36(32,33)18-9-11-21(34-2)22(13-18)35-3)14-23(31)29-16-6-10-20(25)19(12-16)24(26,27)28/h4-13H,14H2,1-3H3,(H,29,31). The number of benzene rings is 3. The number of amides is 1. The molecule has 0 saturated carbocycles. The molecule has 0 aliphatic carbocycles. The summed E-state index contributed by atoms with van der Waals surface area (Å²) in [5, 5.41) is 1.78. The van der Waals surface area contributed by atoms with Gasteiger partial charge in [0.1, 0.15) is 6.54 Å². The van der Waals surface area contributed by atoms with E-state index in [0.29, 0.717) is 11.8 Å². The third-order valence-electron chi connectivity index (χ3n) is 5.11. The molecule has 36 heavy (non-hydrogen) atoms. The first-order valence-electron chi connectivity index (χ1n) is 10.3. The minimum absolute atomic E-state index is 0.160. The van der Waals surface area contributed by atoms with Gasteiger partial charge in [-0.1, -0.05) is 29.3 Å². The minimum atomic E-state index is -4.73. The highest BCUT2D eigenvalue weighted by Crippen LogP contribution is 2.36. The van der Waals surface area contributed by atoms with Crippen LogP contribution in [0.25, 0.3) is 0 Å². The summed E-state index contributed by atoms with van der Waals surface area (Å²) in [6.45, 7) is 1.09. The van der Waals surface area contributed by atoms with Crippen LogP contribution in [-0.4, -0.2) is 35.1 Å². The van der Waals surface area contributed by atoms with Gasteiger partial charge in [-0.25, -0.2) is 8.42 Å². The number of aryl methyl sites for hydroxylation is 1. The van der Waals surface area contributed by atoms with Crippen LogP contribution in [0.1, 0.15) is 11.1 Å². The van der Waals surface area contributed by atoms with E-state index in [2.05, 4.69) is 5.32 Å². The molecule has 0 heterocycles. The second-order valence-electron chi connectivity index (χ2n) is 7.60. The van der Waals surface area contributed by atoms with Gasteiger partial charge in [-0.05, 0) is 49.4 Å². The third-order valence-corrected chi connectivity index (χ3v) is 7.21. The van der Waals surface area contributed by atoms with Crippen molar-refractivity contribution >= 4 is 38.9 Å². The average molecular weight is 543 g/mol. The molecule has 0 radical (unpaired) electrons. The van der Waals surface area contributed by atoms with Crippen LogP contribution < -0.4 is 19.1 Å². The predicted molar refractivity (Wildman–Crippen MR) is 130 cm³/mol. The number of methoxy groups -OCH3 is 2. The van der Waals surface area contributed by atoms with E-state index in [4.69, 9.17) is 21.1 Å². The van der Waals surface area contributed by atoms with Crippen LogP contribution in [0, 0.1) is 6.92 Å². The SMILES string of the molecule is COc1ccc(S(=O)(=O)N(CC(=O)Nc2ccc(Cl)c(C(F)(F)F)c2)c2ccc(C)cc2)cc1OC. The normalized spacial score (nSPS) is 11.6. The summed E-state index contributed by atoms with van der Waals surface area (Å²) in [7, 11) is -1.57. The Hall–Kier alpha value is -3.44. The van der Waals surface area contributed by atoms with E-state index in [-0.39, 0.29) is 22.0 Å². The molecule has 3 rings (SSSR count). The molecule has 3 aromatic rings. The van der Waals surface area contributed by atoms with Crippen molar-refractivity contribution in [3.05, 3.63) is 76.8 Å². The Bertz CT molecular complexity index is 1360. The summed E-state index contributed by atoms with van der Waals surface area (Å²) in [5.41, 5.74) is -0.287. The van der Waals surface area contributed by atoms with E-state index >= 15 is 0 Å². The highest BCUT2D eigenvalue weighted by molar-refractivity contribution is 7.92. The second-order valence-corrected chi connectivity index (χ2v) is 9.87. The predicted octanol–water partition coefficient (Wildman–Crippen LogP) is 5.52. The van der Waals surface area contributed by atoms with Gasteiger partial charge < -0.3 is 14.8 Å². The second kappa shape index (κ2) is 10.7. The van der Waals surface area contributed by atoms with E-state index in [1.165, 1.54) is 50.6 Å². The van der Waals surface area contributed by atoms with Crippen LogP contribution >= 0.6 is 11.6 Å². The topological polar surface area (TPSA) is 84.9 Å². The van der Waals surface area contributed by atoms with Crippen molar-refractivity contribution in [3.8, 4) is 11.5 Å². The van der Waals surface area contributed by atoms with Gasteiger partial charge in [-0.15, -0.1) is 0 Å². The molecule has 192 valence electrons. The van der Waals surface area contributed by atoms with Gasteiger partial charge in [0.15, 0.2) is 11.5 Å². The molecule has 0 bridgehead atoms. The van der Waals surface area contributed by atoms with Gasteiger partial charge in [0, 0.05) is 11.8 Å². The maximum atomic E-state index is 13.6. The Balaban J connectivity index is 1.98. The number of anilines is 2.